The third-order valence-electron chi connectivity index (χ3n) is 10.3. The second-order valence-corrected chi connectivity index (χ2v) is 13.2. The lowest BCUT2D eigenvalue weighted by atomic mass is 9.84. The third kappa shape index (κ3) is 7.07. The van der Waals surface area contributed by atoms with E-state index in [9.17, 15) is 24.6 Å². The van der Waals surface area contributed by atoms with E-state index in [4.69, 9.17) is 19.4 Å². The summed E-state index contributed by atoms with van der Waals surface area (Å²) in [6, 6.07) is 6.01. The molecule has 5 N–H and O–H groups in total. The van der Waals surface area contributed by atoms with Gasteiger partial charge < -0.3 is 35.0 Å². The average Bonchev–Trinajstić information content (AvgIpc) is 3.79. The smallest absolute Gasteiger partial charge is 0.339 e. The zero-order valence-electron chi connectivity index (χ0n) is 30.7. The fraction of sp³-hybridized carbons (Fsp3) is 0.462. The van der Waals surface area contributed by atoms with Gasteiger partial charge in [-0.15, -0.1) is 0 Å². The Kier molecular flexibility index (Phi) is 11.5. The van der Waals surface area contributed by atoms with Crippen LogP contribution in [0.5, 0.6) is 0 Å². The molecule has 2 aliphatic heterocycles. The molecule has 3 aromatic rings. The SMILES string of the molecule is CCc1c(C)c2cc3[nH]c(cc4nc(c(C(O)C(=O)OC)c5nc(cc1[nH]2)C(C)=C5C(=O)NCCCO)C(CCC(=O)OC)C4C)c(C)c3CC. The number of methoxy groups -OCH3 is 2. The number of hydrogen-bond donors (Lipinski definition) is 5. The number of carbonyl (C=O) groups excluding carboxylic acids is 3. The molecule has 0 aliphatic carbocycles. The van der Waals surface area contributed by atoms with Gasteiger partial charge >= 0.3 is 11.9 Å². The quantitative estimate of drug-likeness (QED) is 0.127. The van der Waals surface area contributed by atoms with E-state index in [2.05, 4.69) is 49.0 Å². The Labute approximate surface area is 297 Å². The molecule has 272 valence electrons. The lowest BCUT2D eigenvalue weighted by Crippen LogP contribution is -2.27. The van der Waals surface area contributed by atoms with Crippen LogP contribution in [-0.2, 0) is 36.7 Å². The molecule has 0 saturated carbocycles. The lowest BCUT2D eigenvalue weighted by molar-refractivity contribution is -0.150. The summed E-state index contributed by atoms with van der Waals surface area (Å²) < 4.78 is 10.0. The highest BCUT2D eigenvalue weighted by Gasteiger charge is 2.39. The van der Waals surface area contributed by atoms with Crippen LogP contribution >= 0.6 is 0 Å². The van der Waals surface area contributed by atoms with Crippen molar-refractivity contribution in [3.8, 4) is 0 Å². The highest BCUT2D eigenvalue weighted by atomic mass is 16.5. The molecule has 1 amide bonds. The lowest BCUT2D eigenvalue weighted by Gasteiger charge is -2.20. The van der Waals surface area contributed by atoms with Crippen LogP contribution in [0.25, 0.3) is 33.2 Å². The predicted molar refractivity (Wildman–Crippen MR) is 196 cm³/mol. The van der Waals surface area contributed by atoms with Gasteiger partial charge in [0, 0.05) is 64.7 Å². The number of nitrogens with zero attached hydrogens (tertiary/aromatic N) is 2. The van der Waals surface area contributed by atoms with E-state index >= 15 is 0 Å². The minimum atomic E-state index is -1.85. The summed E-state index contributed by atoms with van der Waals surface area (Å²) in [5.74, 6) is -2.54. The monoisotopic (exact) mass is 699 g/mol. The Morgan fingerprint density at radius 3 is 2.14 bits per heavy atom. The zero-order valence-corrected chi connectivity index (χ0v) is 30.7. The van der Waals surface area contributed by atoms with Crippen molar-refractivity contribution in [1.82, 2.24) is 25.3 Å². The number of aryl methyl sites for hydroxylation is 4. The van der Waals surface area contributed by atoms with E-state index in [0.29, 0.717) is 35.5 Å². The number of aromatic amines is 2. The van der Waals surface area contributed by atoms with Gasteiger partial charge in [-0.05, 0) is 92.5 Å². The molecule has 0 saturated heterocycles. The third-order valence-corrected chi connectivity index (χ3v) is 10.3. The minimum Gasteiger partial charge on any atom is -0.469 e. The Balaban J connectivity index is 2.01. The summed E-state index contributed by atoms with van der Waals surface area (Å²) in [4.78, 5) is 57.0. The fourth-order valence-electron chi connectivity index (χ4n) is 7.35. The number of rotatable bonds is 11. The summed E-state index contributed by atoms with van der Waals surface area (Å²) in [5.41, 5.74) is 10.4. The first-order valence-corrected chi connectivity index (χ1v) is 17.6. The van der Waals surface area contributed by atoms with E-state index in [1.165, 1.54) is 19.8 Å². The Hall–Kier alpha value is -4.81. The Bertz CT molecular complexity index is 2060. The van der Waals surface area contributed by atoms with Gasteiger partial charge in [0.1, 0.15) is 0 Å². The van der Waals surface area contributed by atoms with Gasteiger partial charge in [0.05, 0.1) is 36.9 Å². The van der Waals surface area contributed by atoms with Crippen LogP contribution in [0.3, 0.4) is 0 Å². The van der Waals surface area contributed by atoms with E-state index in [1.54, 1.807) is 6.92 Å². The molecule has 2 aliphatic rings. The number of aliphatic hydroxyl groups is 2. The standard InChI is InChI=1S/C39H49N5O7/c1-9-23-19(3)26-16-28-21(5)25(12-13-32(46)50-7)35(43-28)34(37(47)39(49)51-8)36-33(38(48)40-14-11-15-45)22(6)29(44-36)18-31-24(10-2)20(4)27(42-31)17-30(23)41-26/h16-18,21,25,37,41-42,45,47H,9-15H2,1-8H3,(H,40,48). The molecule has 3 unspecified atom stereocenters. The first-order chi connectivity index (χ1) is 24.4. The first-order valence-electron chi connectivity index (χ1n) is 17.6. The Morgan fingerprint density at radius 2 is 1.55 bits per heavy atom. The number of hydrogen-bond acceptors (Lipinski definition) is 9. The maximum absolute atomic E-state index is 14.0. The molecule has 12 heteroatoms. The van der Waals surface area contributed by atoms with Crippen molar-refractivity contribution in [2.75, 3.05) is 27.4 Å². The molecular formula is C39H49N5O7. The number of ether oxygens (including phenoxy) is 2. The van der Waals surface area contributed by atoms with Gasteiger partial charge in [0.2, 0.25) is 0 Å². The van der Waals surface area contributed by atoms with Gasteiger partial charge in [-0.1, -0.05) is 20.8 Å². The summed E-state index contributed by atoms with van der Waals surface area (Å²) in [7, 11) is 2.51. The predicted octanol–water partition coefficient (Wildman–Crippen LogP) is 5.53. The number of aromatic nitrogens is 4. The van der Waals surface area contributed by atoms with Crippen molar-refractivity contribution in [2.24, 2.45) is 0 Å². The maximum Gasteiger partial charge on any atom is 0.339 e. The number of H-pyrrole nitrogens is 2. The van der Waals surface area contributed by atoms with Gasteiger partial charge in [0.25, 0.3) is 5.91 Å². The average molecular weight is 700 g/mol. The minimum absolute atomic E-state index is 0.0414. The molecule has 51 heavy (non-hydrogen) atoms. The Morgan fingerprint density at radius 1 is 0.922 bits per heavy atom. The molecular weight excluding hydrogens is 650 g/mol. The number of nitrogens with one attached hydrogen (secondary N) is 3. The van der Waals surface area contributed by atoms with Gasteiger partial charge in [0.15, 0.2) is 6.10 Å². The van der Waals surface area contributed by atoms with Crippen molar-refractivity contribution < 1.29 is 34.1 Å². The van der Waals surface area contributed by atoms with Crippen LogP contribution < -0.4 is 5.32 Å². The van der Waals surface area contributed by atoms with Crippen LogP contribution in [0.15, 0.2) is 18.2 Å². The van der Waals surface area contributed by atoms with E-state index < -0.39 is 29.9 Å². The summed E-state index contributed by atoms with van der Waals surface area (Å²) in [6.45, 7) is 12.2. The van der Waals surface area contributed by atoms with Crippen LogP contribution in [0, 0.1) is 13.8 Å². The number of fused-ring (bicyclic) bond motifs is 8. The maximum atomic E-state index is 14.0. The summed E-state index contributed by atoms with van der Waals surface area (Å²) in [5, 5.41) is 24.0. The topological polar surface area (TPSA) is 180 Å². The molecule has 0 fully saturated rings. The molecule has 12 nitrogen and oxygen atoms in total. The molecule has 8 bridgehead atoms. The largest absolute Gasteiger partial charge is 0.469 e. The van der Waals surface area contributed by atoms with Crippen LogP contribution in [0.2, 0.25) is 0 Å². The summed E-state index contributed by atoms with van der Waals surface area (Å²) in [6.07, 6.45) is 0.383. The van der Waals surface area contributed by atoms with Crippen molar-refractivity contribution in [3.63, 3.8) is 0 Å². The second kappa shape index (κ2) is 15.6. The van der Waals surface area contributed by atoms with Gasteiger partial charge in [-0.2, -0.15) is 0 Å². The van der Waals surface area contributed by atoms with E-state index in [0.717, 1.165) is 51.6 Å². The number of carbonyl (C=O) groups is 3. The number of esters is 2. The molecule has 3 aromatic heterocycles. The fourth-order valence-corrected chi connectivity index (χ4v) is 7.35. The normalized spacial score (nSPS) is 16.3. The molecule has 0 spiro atoms. The molecule has 0 aromatic carbocycles. The summed E-state index contributed by atoms with van der Waals surface area (Å²) >= 11 is 0. The number of aliphatic hydroxyl groups excluding tert-OH is 2. The van der Waals surface area contributed by atoms with Crippen molar-refractivity contribution in [3.05, 3.63) is 68.8 Å². The van der Waals surface area contributed by atoms with Crippen molar-refractivity contribution in [2.45, 2.75) is 91.6 Å². The zero-order chi connectivity index (χ0) is 37.1. The highest BCUT2D eigenvalue weighted by molar-refractivity contribution is 6.27. The number of amides is 1. The van der Waals surface area contributed by atoms with Crippen LogP contribution in [0.4, 0.5) is 0 Å². The van der Waals surface area contributed by atoms with E-state index in [1.807, 2.05) is 19.1 Å². The molecule has 0 radical (unpaired) electrons. The molecule has 3 atom stereocenters. The molecule has 5 heterocycles. The highest BCUT2D eigenvalue weighted by Crippen LogP contribution is 2.45. The van der Waals surface area contributed by atoms with Crippen LogP contribution in [-0.4, -0.2) is 75.4 Å². The van der Waals surface area contributed by atoms with Crippen molar-refractivity contribution >= 4 is 51.1 Å². The van der Waals surface area contributed by atoms with Crippen molar-refractivity contribution in [1.29, 1.82) is 0 Å². The van der Waals surface area contributed by atoms with Crippen LogP contribution in [0.1, 0.15) is 115 Å². The second-order valence-electron chi connectivity index (χ2n) is 13.2. The molecule has 5 rings (SSSR count). The van der Waals surface area contributed by atoms with Gasteiger partial charge in [-0.3, -0.25) is 14.6 Å². The first kappa shape index (κ1) is 37.4. The van der Waals surface area contributed by atoms with Gasteiger partial charge in [-0.25, -0.2) is 9.78 Å². The van der Waals surface area contributed by atoms with E-state index in [-0.39, 0.29) is 42.3 Å². The number of allylic oxidation sites excluding steroid dienone is 1.